The predicted molar refractivity (Wildman–Crippen MR) is 68.8 cm³/mol. The molecule has 15 heavy (non-hydrogen) atoms. The SMILES string of the molecule is [SeH2].c1ccc2c(c1)Nc1ccccc1S2. The Balaban J connectivity index is 0.000000853. The van der Waals surface area contributed by atoms with Crippen molar-refractivity contribution in [2.24, 2.45) is 0 Å². The number of para-hydroxylation sites is 2. The minimum atomic E-state index is 0. The second-order valence-electron chi connectivity index (χ2n) is 3.22. The molecule has 0 saturated carbocycles. The van der Waals surface area contributed by atoms with Crippen LogP contribution in [0, 0.1) is 0 Å². The molecule has 3 rings (SSSR count). The van der Waals surface area contributed by atoms with E-state index >= 15 is 0 Å². The Labute approximate surface area is 104 Å². The van der Waals surface area contributed by atoms with Gasteiger partial charge in [0.1, 0.15) is 0 Å². The average molecular weight is 280 g/mol. The summed E-state index contributed by atoms with van der Waals surface area (Å²) in [5, 5.41) is 3.42. The molecule has 0 radical (unpaired) electrons. The molecule has 0 aliphatic carbocycles. The van der Waals surface area contributed by atoms with Gasteiger partial charge < -0.3 is 5.32 Å². The summed E-state index contributed by atoms with van der Waals surface area (Å²) in [5.41, 5.74) is 2.41. The molecule has 2 aromatic rings. The first-order chi connectivity index (χ1) is 6.93. The van der Waals surface area contributed by atoms with Crippen molar-refractivity contribution in [1.82, 2.24) is 0 Å². The Morgan fingerprint density at radius 2 is 1.20 bits per heavy atom. The van der Waals surface area contributed by atoms with Crippen LogP contribution in [0.5, 0.6) is 0 Å². The van der Waals surface area contributed by atoms with Crippen LogP contribution in [-0.4, -0.2) is 17.1 Å². The van der Waals surface area contributed by atoms with Crippen LogP contribution < -0.4 is 5.32 Å². The summed E-state index contributed by atoms with van der Waals surface area (Å²) >= 11 is 1.82. The largest absolute Gasteiger partial charge is 0.354 e. The molecule has 1 heterocycles. The van der Waals surface area contributed by atoms with Crippen molar-refractivity contribution in [1.29, 1.82) is 0 Å². The second-order valence-corrected chi connectivity index (χ2v) is 4.30. The van der Waals surface area contributed by atoms with Gasteiger partial charge in [-0.05, 0) is 24.3 Å². The molecule has 0 unspecified atom stereocenters. The van der Waals surface area contributed by atoms with Gasteiger partial charge in [-0.2, -0.15) is 0 Å². The molecule has 0 atom stereocenters. The molecule has 0 saturated heterocycles. The Bertz CT molecular complexity index is 397. The summed E-state index contributed by atoms with van der Waals surface area (Å²) in [4.78, 5) is 2.59. The molecule has 0 amide bonds. The van der Waals surface area contributed by atoms with E-state index in [-0.39, 0.29) is 17.1 Å². The van der Waals surface area contributed by atoms with Gasteiger partial charge in [-0.25, -0.2) is 0 Å². The van der Waals surface area contributed by atoms with Crippen molar-refractivity contribution in [3.8, 4) is 0 Å². The molecule has 1 N–H and O–H groups in total. The van der Waals surface area contributed by atoms with Crippen LogP contribution in [0.15, 0.2) is 58.3 Å². The topological polar surface area (TPSA) is 12.0 Å². The number of nitrogens with one attached hydrogen (secondary N) is 1. The zero-order chi connectivity index (χ0) is 9.38. The zero-order valence-electron chi connectivity index (χ0n) is 8.03. The van der Waals surface area contributed by atoms with E-state index in [1.54, 1.807) is 0 Å². The normalized spacial score (nSPS) is 11.7. The van der Waals surface area contributed by atoms with Crippen LogP contribution >= 0.6 is 11.8 Å². The van der Waals surface area contributed by atoms with Gasteiger partial charge in [-0.15, -0.1) is 0 Å². The van der Waals surface area contributed by atoms with Crippen LogP contribution in [0.25, 0.3) is 0 Å². The number of hydrogen-bond acceptors (Lipinski definition) is 2. The summed E-state index contributed by atoms with van der Waals surface area (Å²) in [6.45, 7) is 0. The van der Waals surface area contributed by atoms with Gasteiger partial charge in [0.05, 0.1) is 11.4 Å². The summed E-state index contributed by atoms with van der Waals surface area (Å²) in [6.07, 6.45) is 0. The van der Waals surface area contributed by atoms with Gasteiger partial charge in [-0.1, -0.05) is 36.0 Å². The molecule has 0 fully saturated rings. The first-order valence-corrected chi connectivity index (χ1v) is 5.38. The molecule has 0 bridgehead atoms. The van der Waals surface area contributed by atoms with Gasteiger partial charge in [0.25, 0.3) is 0 Å². The fourth-order valence-corrected chi connectivity index (χ4v) is 2.57. The number of rotatable bonds is 0. The number of fused-ring (bicyclic) bond motifs is 2. The van der Waals surface area contributed by atoms with E-state index < -0.39 is 0 Å². The molecule has 0 spiro atoms. The van der Waals surface area contributed by atoms with Gasteiger partial charge >= 0.3 is 17.1 Å². The molecule has 76 valence electrons. The minimum Gasteiger partial charge on any atom is -0.354 e. The zero-order valence-corrected chi connectivity index (χ0v) is 10.9. The molecular weight excluding hydrogens is 269 g/mol. The monoisotopic (exact) mass is 281 g/mol. The molecule has 1 aliphatic heterocycles. The van der Waals surface area contributed by atoms with Crippen LogP contribution in [0.2, 0.25) is 0 Å². The maximum absolute atomic E-state index is 3.42. The summed E-state index contributed by atoms with van der Waals surface area (Å²) < 4.78 is 0. The van der Waals surface area contributed by atoms with E-state index in [4.69, 9.17) is 0 Å². The second kappa shape index (κ2) is 4.31. The molecule has 1 nitrogen and oxygen atoms in total. The number of anilines is 2. The first kappa shape index (κ1) is 10.6. The maximum atomic E-state index is 3.42. The summed E-state index contributed by atoms with van der Waals surface area (Å²) in [7, 11) is 0. The first-order valence-electron chi connectivity index (χ1n) is 4.56. The molecule has 2 aromatic carbocycles. The van der Waals surface area contributed by atoms with Gasteiger partial charge in [0.2, 0.25) is 0 Å². The van der Waals surface area contributed by atoms with E-state index in [9.17, 15) is 0 Å². The molecule has 1 aliphatic rings. The molecule has 3 heteroatoms. The van der Waals surface area contributed by atoms with E-state index in [0.717, 1.165) is 0 Å². The van der Waals surface area contributed by atoms with Crippen LogP contribution in [0.4, 0.5) is 11.4 Å². The Hall–Kier alpha value is -0.891. The van der Waals surface area contributed by atoms with Crippen LogP contribution in [0.1, 0.15) is 0 Å². The van der Waals surface area contributed by atoms with Crippen LogP contribution in [-0.2, 0) is 0 Å². The molecule has 0 aromatic heterocycles. The van der Waals surface area contributed by atoms with Crippen molar-refractivity contribution >= 4 is 40.2 Å². The quantitative estimate of drug-likeness (QED) is 0.635. The fourth-order valence-electron chi connectivity index (χ4n) is 1.58. The standard InChI is InChI=1S/C12H9NS.H2Se/c1-3-7-11-9(5-1)13-10-6-2-4-8-12(10)14-11;/h1-8,13H;1H2. The summed E-state index contributed by atoms with van der Waals surface area (Å²) in [6, 6.07) is 16.8. The van der Waals surface area contributed by atoms with Gasteiger partial charge in [-0.3, -0.25) is 0 Å². The van der Waals surface area contributed by atoms with Crippen molar-refractivity contribution in [2.75, 3.05) is 5.32 Å². The van der Waals surface area contributed by atoms with Crippen molar-refractivity contribution in [2.45, 2.75) is 9.79 Å². The van der Waals surface area contributed by atoms with Gasteiger partial charge in [0.15, 0.2) is 0 Å². The third-order valence-electron chi connectivity index (χ3n) is 2.26. The smallest absolute Gasteiger partial charge is 0.0526 e. The maximum Gasteiger partial charge on any atom is 0.0526 e. The number of benzene rings is 2. The fraction of sp³-hybridized carbons (Fsp3) is 0. The Morgan fingerprint density at radius 3 is 1.73 bits per heavy atom. The van der Waals surface area contributed by atoms with E-state index in [2.05, 4.69) is 53.8 Å². The van der Waals surface area contributed by atoms with Crippen molar-refractivity contribution < 1.29 is 0 Å². The number of hydrogen-bond donors (Lipinski definition) is 1. The summed E-state index contributed by atoms with van der Waals surface area (Å²) in [5.74, 6) is 0. The average Bonchev–Trinajstić information content (AvgIpc) is 2.26. The van der Waals surface area contributed by atoms with E-state index in [1.165, 1.54) is 21.2 Å². The van der Waals surface area contributed by atoms with E-state index in [0.29, 0.717) is 0 Å². The third-order valence-corrected chi connectivity index (χ3v) is 3.42. The van der Waals surface area contributed by atoms with Gasteiger partial charge in [0, 0.05) is 9.79 Å². The Kier molecular flexibility index (Phi) is 3.05. The third kappa shape index (κ3) is 1.91. The Morgan fingerprint density at radius 1 is 0.733 bits per heavy atom. The predicted octanol–water partition coefficient (Wildman–Crippen LogP) is 2.98. The molecular formula is C12H11NSSe. The van der Waals surface area contributed by atoms with Crippen LogP contribution in [0.3, 0.4) is 0 Å². The minimum absolute atomic E-state index is 0. The van der Waals surface area contributed by atoms with E-state index in [1.807, 2.05) is 11.8 Å². The van der Waals surface area contributed by atoms with Crippen molar-refractivity contribution in [3.63, 3.8) is 0 Å². The van der Waals surface area contributed by atoms with Crippen molar-refractivity contribution in [3.05, 3.63) is 48.5 Å².